The fourth-order valence-electron chi connectivity index (χ4n) is 2.33. The number of nitrogens with zero attached hydrogens (tertiary/aromatic N) is 2. The third kappa shape index (κ3) is 5.47. The highest BCUT2D eigenvalue weighted by Crippen LogP contribution is 2.26. The van der Waals surface area contributed by atoms with Crippen LogP contribution in [0, 0.1) is 0 Å². The SMILES string of the molecule is C[C@H](N=CC=N[C@@H](C)[C@@H](Cl)c1ccccc1)[C@@H](Cl)c1ccccc1. The maximum absolute atomic E-state index is 6.45. The van der Waals surface area contributed by atoms with Gasteiger partial charge >= 0.3 is 0 Å². The van der Waals surface area contributed by atoms with Crippen LogP contribution in [0.1, 0.15) is 35.7 Å². The number of hydrogen-bond donors (Lipinski definition) is 0. The summed E-state index contributed by atoms with van der Waals surface area (Å²) in [7, 11) is 0. The van der Waals surface area contributed by atoms with E-state index >= 15 is 0 Å². The van der Waals surface area contributed by atoms with Crippen molar-refractivity contribution >= 4 is 35.6 Å². The molecule has 0 amide bonds. The van der Waals surface area contributed by atoms with Gasteiger partial charge in [0.15, 0.2) is 0 Å². The molecular formula is C20H22Cl2N2. The van der Waals surface area contributed by atoms with Gasteiger partial charge in [0.2, 0.25) is 0 Å². The summed E-state index contributed by atoms with van der Waals surface area (Å²) >= 11 is 12.9. The Bertz CT molecular complexity index is 596. The van der Waals surface area contributed by atoms with E-state index in [0.717, 1.165) is 11.1 Å². The maximum atomic E-state index is 6.45. The average molecular weight is 361 g/mol. The first kappa shape index (κ1) is 18.7. The van der Waals surface area contributed by atoms with Crippen molar-refractivity contribution in [3.8, 4) is 0 Å². The van der Waals surface area contributed by atoms with Crippen LogP contribution in [0.25, 0.3) is 0 Å². The van der Waals surface area contributed by atoms with Crippen LogP contribution in [-0.4, -0.2) is 24.5 Å². The lowest BCUT2D eigenvalue weighted by Crippen LogP contribution is -2.09. The molecule has 0 saturated carbocycles. The van der Waals surface area contributed by atoms with E-state index in [4.69, 9.17) is 23.2 Å². The van der Waals surface area contributed by atoms with Gasteiger partial charge in [-0.2, -0.15) is 0 Å². The molecule has 4 heteroatoms. The van der Waals surface area contributed by atoms with Crippen molar-refractivity contribution in [2.75, 3.05) is 0 Å². The van der Waals surface area contributed by atoms with Crippen molar-refractivity contribution in [3.05, 3.63) is 71.8 Å². The summed E-state index contributed by atoms with van der Waals surface area (Å²) in [5.74, 6) is 0. The van der Waals surface area contributed by atoms with Crippen molar-refractivity contribution in [2.24, 2.45) is 9.98 Å². The molecule has 0 saturated heterocycles. The quantitative estimate of drug-likeness (QED) is 0.436. The van der Waals surface area contributed by atoms with Crippen molar-refractivity contribution in [3.63, 3.8) is 0 Å². The molecule has 0 N–H and O–H groups in total. The topological polar surface area (TPSA) is 24.7 Å². The van der Waals surface area contributed by atoms with Gasteiger partial charge in [0, 0.05) is 12.4 Å². The molecule has 0 aromatic heterocycles. The Kier molecular flexibility index (Phi) is 7.48. The van der Waals surface area contributed by atoms with Crippen LogP contribution >= 0.6 is 23.2 Å². The number of hydrogen-bond acceptors (Lipinski definition) is 2. The minimum atomic E-state index is -0.154. The highest BCUT2D eigenvalue weighted by Gasteiger charge is 2.15. The zero-order chi connectivity index (χ0) is 17.4. The Balaban J connectivity index is 1.89. The Morgan fingerprint density at radius 3 is 1.33 bits per heavy atom. The third-order valence-electron chi connectivity index (χ3n) is 3.79. The molecule has 0 unspecified atom stereocenters. The number of benzene rings is 2. The molecule has 0 aliphatic rings. The molecular weight excluding hydrogens is 339 g/mol. The number of alkyl halides is 2. The van der Waals surface area contributed by atoms with E-state index in [-0.39, 0.29) is 22.8 Å². The molecule has 2 nitrogen and oxygen atoms in total. The van der Waals surface area contributed by atoms with Crippen LogP contribution in [0.3, 0.4) is 0 Å². The van der Waals surface area contributed by atoms with E-state index in [1.165, 1.54) is 0 Å². The Morgan fingerprint density at radius 2 is 1.00 bits per heavy atom. The van der Waals surface area contributed by atoms with Crippen molar-refractivity contribution in [2.45, 2.75) is 36.7 Å². The van der Waals surface area contributed by atoms with E-state index in [1.807, 2.05) is 74.5 Å². The second-order valence-electron chi connectivity index (χ2n) is 5.70. The largest absolute Gasteiger partial charge is 0.287 e. The predicted molar refractivity (Wildman–Crippen MR) is 106 cm³/mol. The van der Waals surface area contributed by atoms with Crippen molar-refractivity contribution < 1.29 is 0 Å². The lowest BCUT2D eigenvalue weighted by atomic mass is 10.1. The number of rotatable bonds is 7. The smallest absolute Gasteiger partial charge is 0.0806 e. The first-order valence-electron chi connectivity index (χ1n) is 8.02. The fraction of sp³-hybridized carbons (Fsp3) is 0.300. The van der Waals surface area contributed by atoms with Crippen LogP contribution in [0.4, 0.5) is 0 Å². The van der Waals surface area contributed by atoms with E-state index in [1.54, 1.807) is 12.4 Å². The molecule has 0 spiro atoms. The standard InChI is InChI=1S/C20H22Cl2N2/c1-15(19(21)17-9-5-3-6-10-17)23-13-14-24-16(2)20(22)18-11-7-4-8-12-18/h3-16,19-20H,1-2H3/t15-,16-,19+,20+/m0/s1. The zero-order valence-corrected chi connectivity index (χ0v) is 15.4. The van der Waals surface area contributed by atoms with Gasteiger partial charge in [-0.15, -0.1) is 23.2 Å². The molecule has 0 heterocycles. The van der Waals surface area contributed by atoms with E-state index in [9.17, 15) is 0 Å². The highest BCUT2D eigenvalue weighted by atomic mass is 35.5. The van der Waals surface area contributed by atoms with Gasteiger partial charge in [0.1, 0.15) is 0 Å². The van der Waals surface area contributed by atoms with Crippen molar-refractivity contribution in [1.82, 2.24) is 0 Å². The van der Waals surface area contributed by atoms with Gasteiger partial charge < -0.3 is 0 Å². The molecule has 0 fully saturated rings. The molecule has 2 aromatic rings. The summed E-state index contributed by atoms with van der Waals surface area (Å²) in [5.41, 5.74) is 2.14. The molecule has 126 valence electrons. The van der Waals surface area contributed by atoms with Crippen LogP contribution in [0.5, 0.6) is 0 Å². The lowest BCUT2D eigenvalue weighted by molar-refractivity contribution is 0.715. The minimum Gasteiger partial charge on any atom is -0.287 e. The van der Waals surface area contributed by atoms with Crippen LogP contribution in [-0.2, 0) is 0 Å². The molecule has 0 aliphatic carbocycles. The number of halogens is 2. The van der Waals surface area contributed by atoms with E-state index in [2.05, 4.69) is 9.98 Å². The van der Waals surface area contributed by atoms with Gasteiger partial charge in [0.25, 0.3) is 0 Å². The minimum absolute atomic E-state index is 0.0308. The first-order valence-corrected chi connectivity index (χ1v) is 8.90. The normalized spacial score (nSPS) is 17.0. The van der Waals surface area contributed by atoms with Gasteiger partial charge in [0.05, 0.1) is 22.8 Å². The average Bonchev–Trinajstić information content (AvgIpc) is 2.65. The van der Waals surface area contributed by atoms with Crippen molar-refractivity contribution in [1.29, 1.82) is 0 Å². The lowest BCUT2D eigenvalue weighted by Gasteiger charge is -2.14. The van der Waals surface area contributed by atoms with Crippen LogP contribution in [0.15, 0.2) is 70.6 Å². The molecule has 0 radical (unpaired) electrons. The first-order chi connectivity index (χ1) is 11.6. The molecule has 2 aromatic carbocycles. The van der Waals surface area contributed by atoms with Crippen LogP contribution in [0.2, 0.25) is 0 Å². The summed E-state index contributed by atoms with van der Waals surface area (Å²) in [6, 6.07) is 19.9. The fourth-order valence-corrected chi connectivity index (χ4v) is 2.75. The van der Waals surface area contributed by atoms with E-state index < -0.39 is 0 Å². The van der Waals surface area contributed by atoms with Gasteiger partial charge in [-0.05, 0) is 25.0 Å². The summed E-state index contributed by atoms with van der Waals surface area (Å²) < 4.78 is 0. The van der Waals surface area contributed by atoms with Gasteiger partial charge in [-0.1, -0.05) is 60.7 Å². The third-order valence-corrected chi connectivity index (χ3v) is 5.03. The maximum Gasteiger partial charge on any atom is 0.0806 e. The predicted octanol–water partition coefficient (Wildman–Crippen LogP) is 5.87. The van der Waals surface area contributed by atoms with Crippen LogP contribution < -0.4 is 0 Å². The summed E-state index contributed by atoms with van der Waals surface area (Å²) in [6.07, 6.45) is 3.40. The summed E-state index contributed by atoms with van der Waals surface area (Å²) in [4.78, 5) is 8.91. The summed E-state index contributed by atoms with van der Waals surface area (Å²) in [5, 5.41) is -0.309. The second kappa shape index (κ2) is 9.61. The van der Waals surface area contributed by atoms with E-state index in [0.29, 0.717) is 0 Å². The summed E-state index contributed by atoms with van der Waals surface area (Å²) in [6.45, 7) is 3.99. The Labute approximate surface area is 154 Å². The highest BCUT2D eigenvalue weighted by molar-refractivity contribution is 6.22. The monoisotopic (exact) mass is 360 g/mol. The molecule has 4 atom stereocenters. The second-order valence-corrected chi connectivity index (χ2v) is 6.64. The Morgan fingerprint density at radius 1 is 0.667 bits per heavy atom. The molecule has 0 bridgehead atoms. The molecule has 2 rings (SSSR count). The molecule has 0 aliphatic heterocycles. The molecule has 24 heavy (non-hydrogen) atoms. The zero-order valence-electron chi connectivity index (χ0n) is 13.9. The Hall–Kier alpha value is -1.64. The van der Waals surface area contributed by atoms with Gasteiger partial charge in [-0.25, -0.2) is 0 Å². The van der Waals surface area contributed by atoms with Gasteiger partial charge in [-0.3, -0.25) is 9.98 Å². The number of aliphatic imine (C=N–C) groups is 2.